The maximum Gasteiger partial charge on any atom is 0.348 e. The molecule has 134 valence electrons. The number of nitrogens with zero attached hydrogens (tertiary/aromatic N) is 1. The first kappa shape index (κ1) is 18.0. The minimum absolute atomic E-state index is 0.197. The summed E-state index contributed by atoms with van der Waals surface area (Å²) in [5.74, 6) is -1.90. The molecule has 0 atom stereocenters. The van der Waals surface area contributed by atoms with Gasteiger partial charge in [0.15, 0.2) is 6.61 Å². The molecular formula is C19H15F2NO3S. The van der Waals surface area contributed by atoms with Crippen LogP contribution in [0.3, 0.4) is 0 Å². The number of ether oxygens (including phenoxy) is 1. The van der Waals surface area contributed by atoms with Crippen LogP contribution in [-0.2, 0) is 16.1 Å². The smallest absolute Gasteiger partial charge is 0.348 e. The van der Waals surface area contributed by atoms with Crippen LogP contribution in [0.25, 0.3) is 10.1 Å². The van der Waals surface area contributed by atoms with E-state index in [1.54, 1.807) is 24.3 Å². The summed E-state index contributed by atoms with van der Waals surface area (Å²) in [6.07, 6.45) is 0. The summed E-state index contributed by atoms with van der Waals surface area (Å²) in [5.41, 5.74) is 0.632. The Kier molecular flexibility index (Phi) is 5.27. The highest BCUT2D eigenvalue weighted by Crippen LogP contribution is 2.28. The zero-order valence-corrected chi connectivity index (χ0v) is 14.7. The molecule has 1 aromatic heterocycles. The maximum absolute atomic E-state index is 13.7. The highest BCUT2D eigenvalue weighted by atomic mass is 32.1. The molecule has 26 heavy (non-hydrogen) atoms. The number of benzene rings is 2. The number of rotatable bonds is 5. The Morgan fingerprint density at radius 2 is 1.88 bits per heavy atom. The molecule has 0 saturated heterocycles. The number of hydrogen-bond donors (Lipinski definition) is 0. The number of carbonyl (C=O) groups excluding carboxylic acids is 2. The van der Waals surface area contributed by atoms with E-state index in [9.17, 15) is 18.4 Å². The van der Waals surface area contributed by atoms with Gasteiger partial charge in [-0.25, -0.2) is 13.6 Å². The van der Waals surface area contributed by atoms with Crippen LogP contribution >= 0.6 is 11.3 Å². The number of carbonyl (C=O) groups is 2. The topological polar surface area (TPSA) is 46.6 Å². The third-order valence-electron chi connectivity index (χ3n) is 3.77. The van der Waals surface area contributed by atoms with Crippen molar-refractivity contribution in [3.63, 3.8) is 0 Å². The Morgan fingerprint density at radius 1 is 1.12 bits per heavy atom. The predicted octanol–water partition coefficient (Wildman–Crippen LogP) is 3.99. The molecule has 3 rings (SSSR count). The van der Waals surface area contributed by atoms with E-state index in [4.69, 9.17) is 4.74 Å². The summed E-state index contributed by atoms with van der Waals surface area (Å²) in [7, 11) is 1.54. The zero-order valence-electron chi connectivity index (χ0n) is 13.9. The molecule has 0 saturated carbocycles. The molecule has 4 nitrogen and oxygen atoms in total. The van der Waals surface area contributed by atoms with Crippen molar-refractivity contribution in [1.29, 1.82) is 0 Å². The van der Waals surface area contributed by atoms with Gasteiger partial charge in [0.1, 0.15) is 16.5 Å². The molecule has 0 unspecified atom stereocenters. The Labute approximate surface area is 152 Å². The number of thiophene rings is 1. The Hall–Kier alpha value is -2.80. The van der Waals surface area contributed by atoms with Gasteiger partial charge in [0.2, 0.25) is 0 Å². The van der Waals surface area contributed by atoms with Gasteiger partial charge in [0.05, 0.1) is 0 Å². The Balaban J connectivity index is 1.59. The van der Waals surface area contributed by atoms with E-state index < -0.39 is 24.3 Å². The van der Waals surface area contributed by atoms with Gasteiger partial charge in [-0.2, -0.15) is 0 Å². The monoisotopic (exact) mass is 375 g/mol. The highest BCUT2D eigenvalue weighted by molar-refractivity contribution is 7.20. The minimum Gasteiger partial charge on any atom is -0.451 e. The SMILES string of the molecule is CN(Cc1cccc(F)c1)C(=O)COC(=O)c1cc2c(F)cccc2s1. The standard InChI is InChI=1S/C19H15F2NO3S/c1-22(10-12-4-2-5-13(20)8-12)18(23)11-25-19(24)17-9-14-15(21)6-3-7-16(14)26-17/h2-9H,10-11H2,1H3. The van der Waals surface area contributed by atoms with Crippen LogP contribution in [0.4, 0.5) is 8.78 Å². The van der Waals surface area contributed by atoms with Crippen LogP contribution in [0.15, 0.2) is 48.5 Å². The lowest BCUT2D eigenvalue weighted by Crippen LogP contribution is -2.30. The van der Waals surface area contributed by atoms with Crippen molar-refractivity contribution < 1.29 is 23.1 Å². The molecule has 7 heteroatoms. The third-order valence-corrected chi connectivity index (χ3v) is 4.85. The average molecular weight is 375 g/mol. The third kappa shape index (κ3) is 4.05. The summed E-state index contributed by atoms with van der Waals surface area (Å²) in [5, 5.41) is 0.346. The van der Waals surface area contributed by atoms with Crippen molar-refractivity contribution in [1.82, 2.24) is 4.90 Å². The van der Waals surface area contributed by atoms with Crippen molar-refractivity contribution >= 4 is 33.3 Å². The average Bonchev–Trinajstić information content (AvgIpc) is 3.05. The second-order valence-corrected chi connectivity index (χ2v) is 6.80. The van der Waals surface area contributed by atoms with E-state index in [1.165, 1.54) is 36.2 Å². The van der Waals surface area contributed by atoms with Gasteiger partial charge in [0.25, 0.3) is 5.91 Å². The van der Waals surface area contributed by atoms with E-state index in [0.717, 1.165) is 11.3 Å². The lowest BCUT2D eigenvalue weighted by atomic mass is 10.2. The molecular weight excluding hydrogens is 360 g/mol. The minimum atomic E-state index is -0.682. The van der Waals surface area contributed by atoms with E-state index in [0.29, 0.717) is 15.6 Å². The van der Waals surface area contributed by atoms with Crippen LogP contribution in [0.2, 0.25) is 0 Å². The first-order valence-corrected chi connectivity index (χ1v) is 8.59. The molecule has 0 N–H and O–H groups in total. The molecule has 0 spiro atoms. The summed E-state index contributed by atoms with van der Waals surface area (Å²) in [6, 6.07) is 11.9. The van der Waals surface area contributed by atoms with Crippen molar-refractivity contribution in [2.75, 3.05) is 13.7 Å². The van der Waals surface area contributed by atoms with E-state index in [1.807, 2.05) is 0 Å². The molecule has 0 fully saturated rings. The van der Waals surface area contributed by atoms with Crippen molar-refractivity contribution in [3.05, 3.63) is 70.6 Å². The van der Waals surface area contributed by atoms with Crippen LogP contribution in [0.5, 0.6) is 0 Å². The fraction of sp³-hybridized carbons (Fsp3) is 0.158. The number of amides is 1. The van der Waals surface area contributed by atoms with Crippen molar-refractivity contribution in [2.45, 2.75) is 6.54 Å². The molecule has 0 aliphatic carbocycles. The van der Waals surface area contributed by atoms with E-state index in [2.05, 4.69) is 0 Å². The van der Waals surface area contributed by atoms with Crippen LogP contribution < -0.4 is 0 Å². The molecule has 1 amide bonds. The predicted molar refractivity (Wildman–Crippen MR) is 94.9 cm³/mol. The lowest BCUT2D eigenvalue weighted by molar-refractivity contribution is -0.133. The number of hydrogen-bond acceptors (Lipinski definition) is 4. The Morgan fingerprint density at radius 3 is 2.62 bits per heavy atom. The first-order valence-electron chi connectivity index (χ1n) is 7.77. The van der Waals surface area contributed by atoms with Crippen LogP contribution in [-0.4, -0.2) is 30.4 Å². The van der Waals surface area contributed by atoms with Gasteiger partial charge >= 0.3 is 5.97 Å². The second kappa shape index (κ2) is 7.61. The summed E-state index contributed by atoms with van der Waals surface area (Å²) >= 11 is 1.10. The van der Waals surface area contributed by atoms with Gasteiger partial charge in [-0.15, -0.1) is 11.3 Å². The number of esters is 1. The van der Waals surface area contributed by atoms with Crippen molar-refractivity contribution in [3.8, 4) is 0 Å². The van der Waals surface area contributed by atoms with E-state index >= 15 is 0 Å². The number of likely N-dealkylation sites (N-methyl/N-ethyl adjacent to an activating group) is 1. The second-order valence-electron chi connectivity index (χ2n) is 5.72. The molecule has 0 radical (unpaired) electrons. The van der Waals surface area contributed by atoms with Gasteiger partial charge in [-0.05, 0) is 35.9 Å². The molecule has 1 heterocycles. The lowest BCUT2D eigenvalue weighted by Gasteiger charge is -2.17. The fourth-order valence-electron chi connectivity index (χ4n) is 2.43. The quantitative estimate of drug-likeness (QED) is 0.634. The van der Waals surface area contributed by atoms with Crippen LogP contribution in [0, 0.1) is 11.6 Å². The van der Waals surface area contributed by atoms with Crippen LogP contribution in [0.1, 0.15) is 15.2 Å². The molecule has 0 aliphatic heterocycles. The van der Waals surface area contributed by atoms with Gasteiger partial charge in [-0.1, -0.05) is 18.2 Å². The first-order chi connectivity index (χ1) is 12.4. The maximum atomic E-state index is 13.7. The summed E-state index contributed by atoms with van der Waals surface area (Å²) in [6.45, 7) is -0.246. The summed E-state index contributed by atoms with van der Waals surface area (Å²) < 4.78 is 32.5. The molecule has 0 bridgehead atoms. The Bertz CT molecular complexity index is 970. The molecule has 3 aromatic rings. The van der Waals surface area contributed by atoms with E-state index in [-0.39, 0.29) is 17.2 Å². The van der Waals surface area contributed by atoms with Crippen molar-refractivity contribution in [2.24, 2.45) is 0 Å². The number of fused-ring (bicyclic) bond motifs is 1. The van der Waals surface area contributed by atoms with Gasteiger partial charge in [-0.3, -0.25) is 4.79 Å². The highest BCUT2D eigenvalue weighted by Gasteiger charge is 2.17. The number of halogens is 2. The summed E-state index contributed by atoms with van der Waals surface area (Å²) in [4.78, 5) is 25.8. The molecule has 0 aliphatic rings. The van der Waals surface area contributed by atoms with Gasteiger partial charge < -0.3 is 9.64 Å². The van der Waals surface area contributed by atoms with Gasteiger partial charge in [0, 0.05) is 23.7 Å². The largest absolute Gasteiger partial charge is 0.451 e. The zero-order chi connectivity index (χ0) is 18.7. The fourth-order valence-corrected chi connectivity index (χ4v) is 3.40. The normalized spacial score (nSPS) is 10.7. The molecule has 2 aromatic carbocycles.